The molecular weight excluding hydrogens is 246 g/mol. The second-order valence-electron chi connectivity index (χ2n) is 3.88. The van der Waals surface area contributed by atoms with Crippen LogP contribution in [0.15, 0.2) is 12.4 Å². The van der Waals surface area contributed by atoms with Crippen LogP contribution in [0.1, 0.15) is 27.2 Å². The number of esters is 1. The van der Waals surface area contributed by atoms with Gasteiger partial charge in [0.1, 0.15) is 6.54 Å². The van der Waals surface area contributed by atoms with Gasteiger partial charge >= 0.3 is 5.97 Å². The van der Waals surface area contributed by atoms with Gasteiger partial charge in [-0.2, -0.15) is 4.98 Å². The normalized spacial score (nSPS) is 10.1. The van der Waals surface area contributed by atoms with Gasteiger partial charge in [0.25, 0.3) is 0 Å². The monoisotopic (exact) mass is 267 g/mol. The summed E-state index contributed by atoms with van der Waals surface area (Å²) in [5.74, 6) is 0.817. The van der Waals surface area contributed by atoms with E-state index >= 15 is 0 Å². The van der Waals surface area contributed by atoms with Crippen LogP contribution < -0.4 is 9.64 Å². The molecule has 0 fully saturated rings. The SMILES string of the molecule is CCCOc1cncc(N(CC)CC(=O)OCC)n1. The maximum Gasteiger partial charge on any atom is 0.325 e. The van der Waals surface area contributed by atoms with Crippen molar-refractivity contribution in [2.24, 2.45) is 0 Å². The van der Waals surface area contributed by atoms with Crippen LogP contribution >= 0.6 is 0 Å². The third-order valence-corrected chi connectivity index (χ3v) is 2.38. The van der Waals surface area contributed by atoms with E-state index in [4.69, 9.17) is 9.47 Å². The van der Waals surface area contributed by atoms with Gasteiger partial charge in [0, 0.05) is 6.54 Å². The minimum Gasteiger partial charge on any atom is -0.477 e. The zero-order chi connectivity index (χ0) is 14.1. The highest BCUT2D eigenvalue weighted by Gasteiger charge is 2.13. The van der Waals surface area contributed by atoms with Crippen molar-refractivity contribution in [2.75, 3.05) is 31.2 Å². The Bertz CT molecular complexity index is 398. The molecule has 6 nitrogen and oxygen atoms in total. The van der Waals surface area contributed by atoms with Gasteiger partial charge in [-0.05, 0) is 20.3 Å². The summed E-state index contributed by atoms with van der Waals surface area (Å²) >= 11 is 0. The number of aromatic nitrogens is 2. The average molecular weight is 267 g/mol. The Morgan fingerprint density at radius 2 is 2.11 bits per heavy atom. The fraction of sp³-hybridized carbons (Fsp3) is 0.615. The summed E-state index contributed by atoms with van der Waals surface area (Å²) in [5, 5.41) is 0. The highest BCUT2D eigenvalue weighted by molar-refractivity contribution is 5.75. The second-order valence-corrected chi connectivity index (χ2v) is 3.88. The van der Waals surface area contributed by atoms with Crippen LogP contribution in [0.3, 0.4) is 0 Å². The summed E-state index contributed by atoms with van der Waals surface area (Å²) in [7, 11) is 0. The molecule has 0 amide bonds. The molecule has 1 heterocycles. The highest BCUT2D eigenvalue weighted by Crippen LogP contribution is 2.14. The zero-order valence-corrected chi connectivity index (χ0v) is 11.8. The molecule has 0 saturated heterocycles. The fourth-order valence-electron chi connectivity index (χ4n) is 1.48. The second kappa shape index (κ2) is 8.29. The first kappa shape index (κ1) is 15.2. The van der Waals surface area contributed by atoms with Gasteiger partial charge in [-0.25, -0.2) is 0 Å². The van der Waals surface area contributed by atoms with E-state index < -0.39 is 0 Å². The summed E-state index contributed by atoms with van der Waals surface area (Å²) in [5.41, 5.74) is 0. The summed E-state index contributed by atoms with van der Waals surface area (Å²) in [6.07, 6.45) is 4.09. The van der Waals surface area contributed by atoms with E-state index in [2.05, 4.69) is 9.97 Å². The standard InChI is InChI=1S/C13H21N3O3/c1-4-7-19-12-9-14-8-11(15-12)16(5-2)10-13(17)18-6-3/h8-9H,4-7,10H2,1-3H3. The summed E-state index contributed by atoms with van der Waals surface area (Å²) in [6.45, 7) is 7.54. The lowest BCUT2D eigenvalue weighted by Gasteiger charge is -2.20. The molecule has 106 valence electrons. The van der Waals surface area contributed by atoms with E-state index in [0.29, 0.717) is 31.5 Å². The molecule has 0 aliphatic carbocycles. The Morgan fingerprint density at radius 1 is 1.32 bits per heavy atom. The summed E-state index contributed by atoms with van der Waals surface area (Å²) < 4.78 is 10.4. The molecule has 0 unspecified atom stereocenters. The molecule has 0 saturated carbocycles. The van der Waals surface area contributed by atoms with Crippen molar-refractivity contribution in [3.63, 3.8) is 0 Å². The molecule has 1 aromatic rings. The van der Waals surface area contributed by atoms with Gasteiger partial charge in [0.15, 0.2) is 5.82 Å². The topological polar surface area (TPSA) is 64.5 Å². The zero-order valence-electron chi connectivity index (χ0n) is 11.8. The first-order chi connectivity index (χ1) is 9.21. The fourth-order valence-corrected chi connectivity index (χ4v) is 1.48. The molecule has 1 aromatic heterocycles. The number of hydrogen-bond donors (Lipinski definition) is 0. The number of likely N-dealkylation sites (N-methyl/N-ethyl adjacent to an activating group) is 1. The lowest BCUT2D eigenvalue weighted by Crippen LogP contribution is -2.31. The van der Waals surface area contributed by atoms with E-state index in [0.717, 1.165) is 6.42 Å². The van der Waals surface area contributed by atoms with E-state index in [1.165, 1.54) is 0 Å². The average Bonchev–Trinajstić information content (AvgIpc) is 2.43. The Hall–Kier alpha value is -1.85. The number of ether oxygens (including phenoxy) is 2. The predicted molar refractivity (Wildman–Crippen MR) is 72.3 cm³/mol. The predicted octanol–water partition coefficient (Wildman–Crippen LogP) is 1.65. The van der Waals surface area contributed by atoms with Gasteiger partial charge in [-0.3, -0.25) is 9.78 Å². The molecule has 0 aliphatic rings. The third-order valence-electron chi connectivity index (χ3n) is 2.38. The van der Waals surface area contributed by atoms with Crippen molar-refractivity contribution in [1.29, 1.82) is 0 Å². The molecular formula is C13H21N3O3. The van der Waals surface area contributed by atoms with Crippen molar-refractivity contribution in [2.45, 2.75) is 27.2 Å². The van der Waals surface area contributed by atoms with Crippen LogP contribution in [0.5, 0.6) is 5.88 Å². The van der Waals surface area contributed by atoms with Gasteiger partial charge in [0.05, 0.1) is 25.6 Å². The number of carbonyl (C=O) groups excluding carboxylic acids is 1. The van der Waals surface area contributed by atoms with E-state index in [9.17, 15) is 4.79 Å². The van der Waals surface area contributed by atoms with E-state index in [1.54, 1.807) is 24.2 Å². The van der Waals surface area contributed by atoms with Crippen LogP contribution in [0, 0.1) is 0 Å². The van der Waals surface area contributed by atoms with Gasteiger partial charge < -0.3 is 14.4 Å². The van der Waals surface area contributed by atoms with Crippen molar-refractivity contribution in [3.8, 4) is 5.88 Å². The van der Waals surface area contributed by atoms with Gasteiger partial charge in [-0.1, -0.05) is 6.92 Å². The van der Waals surface area contributed by atoms with E-state index in [-0.39, 0.29) is 12.5 Å². The maximum atomic E-state index is 11.5. The first-order valence-corrected chi connectivity index (χ1v) is 6.56. The van der Waals surface area contributed by atoms with Crippen molar-refractivity contribution >= 4 is 11.8 Å². The van der Waals surface area contributed by atoms with Gasteiger partial charge in [-0.15, -0.1) is 0 Å². The summed E-state index contributed by atoms with van der Waals surface area (Å²) in [4.78, 5) is 21.7. The number of carbonyl (C=O) groups is 1. The van der Waals surface area contributed by atoms with Crippen molar-refractivity contribution < 1.29 is 14.3 Å². The number of nitrogens with zero attached hydrogens (tertiary/aromatic N) is 3. The molecule has 0 spiro atoms. The van der Waals surface area contributed by atoms with E-state index in [1.807, 2.05) is 13.8 Å². The van der Waals surface area contributed by atoms with Crippen LogP contribution in [0.4, 0.5) is 5.82 Å². The first-order valence-electron chi connectivity index (χ1n) is 6.56. The molecule has 0 aliphatic heterocycles. The number of hydrogen-bond acceptors (Lipinski definition) is 6. The molecule has 0 radical (unpaired) electrons. The Labute approximate surface area is 113 Å². The van der Waals surface area contributed by atoms with Crippen molar-refractivity contribution in [1.82, 2.24) is 9.97 Å². The summed E-state index contributed by atoms with van der Waals surface area (Å²) in [6, 6.07) is 0. The Morgan fingerprint density at radius 3 is 2.74 bits per heavy atom. The third kappa shape index (κ3) is 5.11. The van der Waals surface area contributed by atoms with Crippen LogP contribution in [-0.2, 0) is 9.53 Å². The molecule has 19 heavy (non-hydrogen) atoms. The molecule has 0 atom stereocenters. The van der Waals surface area contributed by atoms with Crippen LogP contribution in [0.25, 0.3) is 0 Å². The quantitative estimate of drug-likeness (QED) is 0.667. The number of anilines is 1. The molecule has 1 rings (SSSR count). The maximum absolute atomic E-state index is 11.5. The van der Waals surface area contributed by atoms with Crippen LogP contribution in [-0.4, -0.2) is 42.2 Å². The largest absolute Gasteiger partial charge is 0.477 e. The Kier molecular flexibility index (Phi) is 6.63. The molecule has 0 bridgehead atoms. The molecule has 0 N–H and O–H groups in total. The minimum absolute atomic E-state index is 0.163. The minimum atomic E-state index is -0.272. The lowest BCUT2D eigenvalue weighted by atomic mass is 10.4. The smallest absolute Gasteiger partial charge is 0.325 e. The van der Waals surface area contributed by atoms with Crippen molar-refractivity contribution in [3.05, 3.63) is 12.4 Å². The number of rotatable bonds is 8. The lowest BCUT2D eigenvalue weighted by molar-refractivity contribution is -0.141. The Balaban J connectivity index is 2.71. The highest BCUT2D eigenvalue weighted by atomic mass is 16.5. The van der Waals surface area contributed by atoms with Crippen LogP contribution in [0.2, 0.25) is 0 Å². The molecule has 0 aromatic carbocycles. The molecule has 6 heteroatoms. The van der Waals surface area contributed by atoms with Gasteiger partial charge in [0.2, 0.25) is 5.88 Å².